The minimum absolute atomic E-state index is 0.329. The summed E-state index contributed by atoms with van der Waals surface area (Å²) in [5.41, 5.74) is 2.49. The molecule has 0 aliphatic carbocycles. The van der Waals surface area contributed by atoms with Gasteiger partial charge in [0.15, 0.2) is 0 Å². The zero-order valence-corrected chi connectivity index (χ0v) is 10.5. The number of hydrogen-bond donors (Lipinski definition) is 2. The summed E-state index contributed by atoms with van der Waals surface area (Å²) in [7, 11) is 0. The van der Waals surface area contributed by atoms with Crippen molar-refractivity contribution in [3.05, 3.63) is 27.7 Å². The highest BCUT2D eigenvalue weighted by Crippen LogP contribution is 2.28. The molecular weight excluding hydrogens is 254 g/mol. The van der Waals surface area contributed by atoms with Crippen LogP contribution in [0.3, 0.4) is 0 Å². The van der Waals surface area contributed by atoms with E-state index in [4.69, 9.17) is 0 Å². The third-order valence-electron chi connectivity index (χ3n) is 3.03. The van der Waals surface area contributed by atoms with Gasteiger partial charge in [-0.1, -0.05) is 0 Å². The highest BCUT2D eigenvalue weighted by atomic mass is 79.9. The summed E-state index contributed by atoms with van der Waals surface area (Å²) in [5, 5.41) is 13.0. The Bertz CT molecular complexity index is 359. The SMILES string of the molecule is Cc1cc(O)c(Br)cc1CC1CCCN1. The van der Waals surface area contributed by atoms with E-state index in [2.05, 4.69) is 28.2 Å². The van der Waals surface area contributed by atoms with Crippen molar-refractivity contribution in [3.8, 4) is 5.75 Å². The molecule has 1 aromatic rings. The van der Waals surface area contributed by atoms with Gasteiger partial charge in [0.25, 0.3) is 0 Å². The van der Waals surface area contributed by atoms with E-state index in [0.717, 1.165) is 17.4 Å². The largest absolute Gasteiger partial charge is 0.507 e. The molecule has 1 saturated heterocycles. The van der Waals surface area contributed by atoms with Gasteiger partial charge in [0.1, 0.15) is 5.75 Å². The van der Waals surface area contributed by atoms with Crippen LogP contribution in [0.5, 0.6) is 5.75 Å². The van der Waals surface area contributed by atoms with E-state index in [1.807, 2.05) is 12.1 Å². The Labute approximate surface area is 98.8 Å². The number of benzene rings is 1. The van der Waals surface area contributed by atoms with E-state index in [1.165, 1.54) is 24.0 Å². The lowest BCUT2D eigenvalue weighted by molar-refractivity contribution is 0.471. The Morgan fingerprint density at radius 3 is 3.00 bits per heavy atom. The number of aromatic hydroxyl groups is 1. The summed E-state index contributed by atoms with van der Waals surface area (Å²) >= 11 is 3.36. The predicted molar refractivity (Wildman–Crippen MR) is 65.3 cm³/mol. The monoisotopic (exact) mass is 269 g/mol. The lowest BCUT2D eigenvalue weighted by Crippen LogP contribution is -2.23. The molecule has 15 heavy (non-hydrogen) atoms. The van der Waals surface area contributed by atoms with Crippen molar-refractivity contribution in [2.24, 2.45) is 0 Å². The average molecular weight is 270 g/mol. The first-order valence-corrected chi connectivity index (χ1v) is 6.17. The molecule has 1 heterocycles. The van der Waals surface area contributed by atoms with Gasteiger partial charge < -0.3 is 10.4 Å². The van der Waals surface area contributed by atoms with Crippen LogP contribution >= 0.6 is 15.9 Å². The Morgan fingerprint density at radius 2 is 2.33 bits per heavy atom. The van der Waals surface area contributed by atoms with Gasteiger partial charge in [-0.05, 0) is 71.9 Å². The fraction of sp³-hybridized carbons (Fsp3) is 0.500. The highest BCUT2D eigenvalue weighted by molar-refractivity contribution is 9.10. The van der Waals surface area contributed by atoms with Crippen LogP contribution in [0.25, 0.3) is 0 Å². The van der Waals surface area contributed by atoms with Crippen molar-refractivity contribution in [2.75, 3.05) is 6.54 Å². The molecule has 1 aromatic carbocycles. The van der Waals surface area contributed by atoms with Crippen LogP contribution in [0.4, 0.5) is 0 Å². The van der Waals surface area contributed by atoms with E-state index in [-0.39, 0.29) is 0 Å². The predicted octanol–water partition coefficient (Wildman–Crippen LogP) is 2.76. The molecule has 2 rings (SSSR count). The first-order valence-electron chi connectivity index (χ1n) is 5.38. The Morgan fingerprint density at radius 1 is 1.53 bits per heavy atom. The summed E-state index contributed by atoms with van der Waals surface area (Å²) < 4.78 is 0.793. The molecule has 0 saturated carbocycles. The number of nitrogens with one attached hydrogen (secondary N) is 1. The molecule has 82 valence electrons. The molecule has 3 heteroatoms. The lowest BCUT2D eigenvalue weighted by Gasteiger charge is -2.13. The van der Waals surface area contributed by atoms with Gasteiger partial charge in [0.2, 0.25) is 0 Å². The van der Waals surface area contributed by atoms with Gasteiger partial charge >= 0.3 is 0 Å². The van der Waals surface area contributed by atoms with Gasteiger partial charge in [0, 0.05) is 6.04 Å². The zero-order chi connectivity index (χ0) is 10.8. The maximum atomic E-state index is 9.52. The molecule has 2 N–H and O–H groups in total. The third kappa shape index (κ3) is 2.52. The van der Waals surface area contributed by atoms with Gasteiger partial charge in [-0.2, -0.15) is 0 Å². The van der Waals surface area contributed by atoms with E-state index in [9.17, 15) is 5.11 Å². The van der Waals surface area contributed by atoms with Crippen molar-refractivity contribution in [3.63, 3.8) is 0 Å². The lowest BCUT2D eigenvalue weighted by atomic mass is 10.00. The van der Waals surface area contributed by atoms with E-state index < -0.39 is 0 Å². The quantitative estimate of drug-likeness (QED) is 0.866. The number of phenolic OH excluding ortho intramolecular Hbond substituents is 1. The first-order chi connectivity index (χ1) is 7.16. The summed E-state index contributed by atoms with van der Waals surface area (Å²) in [6.45, 7) is 3.19. The van der Waals surface area contributed by atoms with Crippen molar-refractivity contribution in [2.45, 2.75) is 32.2 Å². The van der Waals surface area contributed by atoms with E-state index in [1.54, 1.807) is 0 Å². The van der Waals surface area contributed by atoms with Crippen LogP contribution in [0.2, 0.25) is 0 Å². The Kier molecular flexibility index (Phi) is 3.32. The minimum atomic E-state index is 0.329. The summed E-state index contributed by atoms with van der Waals surface area (Å²) in [6.07, 6.45) is 3.60. The van der Waals surface area contributed by atoms with Crippen molar-refractivity contribution in [1.29, 1.82) is 0 Å². The van der Waals surface area contributed by atoms with Gasteiger partial charge in [0.05, 0.1) is 4.47 Å². The smallest absolute Gasteiger partial charge is 0.130 e. The average Bonchev–Trinajstić information content (AvgIpc) is 2.67. The van der Waals surface area contributed by atoms with Crippen LogP contribution in [0, 0.1) is 6.92 Å². The van der Waals surface area contributed by atoms with Gasteiger partial charge in [-0.15, -0.1) is 0 Å². The first kappa shape index (κ1) is 11.0. The van der Waals surface area contributed by atoms with Crippen LogP contribution in [0.1, 0.15) is 24.0 Å². The van der Waals surface area contributed by atoms with E-state index >= 15 is 0 Å². The molecule has 1 atom stereocenters. The summed E-state index contributed by atoms with van der Waals surface area (Å²) in [6, 6.07) is 4.47. The van der Waals surface area contributed by atoms with Gasteiger partial charge in [-0.25, -0.2) is 0 Å². The summed E-state index contributed by atoms with van der Waals surface area (Å²) in [4.78, 5) is 0. The summed E-state index contributed by atoms with van der Waals surface area (Å²) in [5.74, 6) is 0.329. The number of phenols is 1. The maximum absolute atomic E-state index is 9.52. The molecule has 0 spiro atoms. The molecule has 1 unspecified atom stereocenters. The molecule has 0 aromatic heterocycles. The minimum Gasteiger partial charge on any atom is -0.507 e. The Balaban J connectivity index is 2.16. The highest BCUT2D eigenvalue weighted by Gasteiger charge is 2.16. The topological polar surface area (TPSA) is 32.3 Å². The molecule has 2 nitrogen and oxygen atoms in total. The second-order valence-electron chi connectivity index (χ2n) is 4.23. The second kappa shape index (κ2) is 4.54. The molecular formula is C12H16BrNO. The van der Waals surface area contributed by atoms with Crippen molar-refractivity contribution >= 4 is 15.9 Å². The van der Waals surface area contributed by atoms with Crippen molar-refractivity contribution < 1.29 is 5.11 Å². The van der Waals surface area contributed by atoms with Crippen LogP contribution < -0.4 is 5.32 Å². The molecule has 0 radical (unpaired) electrons. The second-order valence-corrected chi connectivity index (χ2v) is 5.08. The number of halogens is 1. The maximum Gasteiger partial charge on any atom is 0.130 e. The van der Waals surface area contributed by atoms with Crippen LogP contribution in [-0.4, -0.2) is 17.7 Å². The molecule has 0 bridgehead atoms. The van der Waals surface area contributed by atoms with Gasteiger partial charge in [-0.3, -0.25) is 0 Å². The van der Waals surface area contributed by atoms with E-state index in [0.29, 0.717) is 11.8 Å². The standard InChI is InChI=1S/C12H16BrNO/c1-8-5-12(15)11(13)7-9(8)6-10-3-2-4-14-10/h5,7,10,14-15H,2-4,6H2,1H3. The van der Waals surface area contributed by atoms with Crippen LogP contribution in [0.15, 0.2) is 16.6 Å². The molecule has 1 fully saturated rings. The number of aryl methyl sites for hydroxylation is 1. The third-order valence-corrected chi connectivity index (χ3v) is 3.67. The Hall–Kier alpha value is -0.540. The van der Waals surface area contributed by atoms with Crippen molar-refractivity contribution in [1.82, 2.24) is 5.32 Å². The molecule has 1 aliphatic heterocycles. The van der Waals surface area contributed by atoms with Crippen LogP contribution in [-0.2, 0) is 6.42 Å². The zero-order valence-electron chi connectivity index (χ0n) is 8.89. The fourth-order valence-electron chi connectivity index (χ4n) is 2.12. The molecule has 0 amide bonds. The number of hydrogen-bond acceptors (Lipinski definition) is 2. The molecule has 1 aliphatic rings. The number of rotatable bonds is 2. The fourth-order valence-corrected chi connectivity index (χ4v) is 2.51. The normalized spacial score (nSPS) is 20.8.